The van der Waals surface area contributed by atoms with Crippen LogP contribution in [0.2, 0.25) is 0 Å². The number of hydrogen-bond donors (Lipinski definition) is 3. The zero-order valence-corrected chi connectivity index (χ0v) is 26.2. The lowest BCUT2D eigenvalue weighted by Crippen LogP contribution is -2.59. The third-order valence-corrected chi connectivity index (χ3v) is 7.66. The Balaban J connectivity index is 1.77. The molecule has 7 heteroatoms. The van der Waals surface area contributed by atoms with E-state index in [-0.39, 0.29) is 25.0 Å². The molecular formula is C38H43N3O4. The zero-order valence-electron chi connectivity index (χ0n) is 26.2. The fourth-order valence-electron chi connectivity index (χ4n) is 5.60. The smallest absolute Gasteiger partial charge is 0.325 e. The van der Waals surface area contributed by atoms with Crippen LogP contribution in [0.25, 0.3) is 0 Å². The lowest BCUT2D eigenvalue weighted by atomic mass is 9.76. The second-order valence-corrected chi connectivity index (χ2v) is 11.4. The Morgan fingerprint density at radius 1 is 0.667 bits per heavy atom. The van der Waals surface area contributed by atoms with E-state index in [0.717, 1.165) is 22.3 Å². The van der Waals surface area contributed by atoms with Crippen LogP contribution in [0.15, 0.2) is 121 Å². The van der Waals surface area contributed by atoms with Gasteiger partial charge in [-0.05, 0) is 47.9 Å². The molecule has 234 valence electrons. The number of carbonyl (C=O) groups excluding carboxylic acids is 3. The second kappa shape index (κ2) is 16.4. The first-order valence-corrected chi connectivity index (χ1v) is 15.5. The van der Waals surface area contributed by atoms with Gasteiger partial charge in [-0.15, -0.1) is 0 Å². The number of nitrogens with one attached hydrogen (secondary N) is 3. The third-order valence-electron chi connectivity index (χ3n) is 7.66. The number of carbonyl (C=O) groups is 3. The Morgan fingerprint density at radius 2 is 1.13 bits per heavy atom. The number of amides is 2. The first-order chi connectivity index (χ1) is 21.8. The molecule has 0 aromatic heterocycles. The van der Waals surface area contributed by atoms with Crippen molar-refractivity contribution in [1.82, 2.24) is 16.0 Å². The Labute approximate surface area is 266 Å². The summed E-state index contributed by atoms with van der Waals surface area (Å²) in [7, 11) is 0. The minimum atomic E-state index is -0.902. The maximum absolute atomic E-state index is 14.4. The van der Waals surface area contributed by atoms with Crippen LogP contribution in [0.4, 0.5) is 0 Å². The van der Waals surface area contributed by atoms with Gasteiger partial charge in [0.05, 0.1) is 18.2 Å². The van der Waals surface area contributed by atoms with Crippen molar-refractivity contribution in [2.24, 2.45) is 5.92 Å². The molecule has 7 nitrogen and oxygen atoms in total. The number of esters is 1. The molecule has 0 saturated heterocycles. The van der Waals surface area contributed by atoms with E-state index < -0.39 is 29.5 Å². The van der Waals surface area contributed by atoms with E-state index in [1.54, 1.807) is 6.92 Å². The maximum Gasteiger partial charge on any atom is 0.325 e. The van der Waals surface area contributed by atoms with Crippen molar-refractivity contribution in [2.75, 3.05) is 13.2 Å². The van der Waals surface area contributed by atoms with E-state index in [9.17, 15) is 14.4 Å². The highest BCUT2D eigenvalue weighted by atomic mass is 16.5. The monoisotopic (exact) mass is 605 g/mol. The fourth-order valence-corrected chi connectivity index (χ4v) is 5.60. The molecule has 0 bridgehead atoms. The molecule has 0 aliphatic carbocycles. The molecule has 0 aliphatic heterocycles. The summed E-state index contributed by atoms with van der Waals surface area (Å²) in [6, 6.07) is 38.5. The summed E-state index contributed by atoms with van der Waals surface area (Å²) in [5.74, 6) is -1.16. The van der Waals surface area contributed by atoms with Crippen LogP contribution in [0.5, 0.6) is 0 Å². The highest BCUT2D eigenvalue weighted by Gasteiger charge is 2.40. The maximum atomic E-state index is 14.4. The minimum Gasteiger partial charge on any atom is -0.465 e. The van der Waals surface area contributed by atoms with Crippen LogP contribution in [0, 0.1) is 5.92 Å². The highest BCUT2D eigenvalue weighted by molar-refractivity contribution is 5.91. The van der Waals surface area contributed by atoms with Crippen LogP contribution in [-0.2, 0) is 31.1 Å². The molecule has 4 aromatic carbocycles. The Kier molecular flexibility index (Phi) is 12.0. The van der Waals surface area contributed by atoms with Gasteiger partial charge in [0.25, 0.3) is 0 Å². The van der Waals surface area contributed by atoms with E-state index in [1.807, 2.05) is 98.8 Å². The lowest BCUT2D eigenvalue weighted by Gasteiger charge is -2.40. The highest BCUT2D eigenvalue weighted by Crippen LogP contribution is 2.37. The van der Waals surface area contributed by atoms with Gasteiger partial charge in [0.1, 0.15) is 12.6 Å². The van der Waals surface area contributed by atoms with Crippen molar-refractivity contribution in [3.8, 4) is 0 Å². The van der Waals surface area contributed by atoms with Gasteiger partial charge in [-0.2, -0.15) is 0 Å². The summed E-state index contributed by atoms with van der Waals surface area (Å²) in [5.41, 5.74) is 2.98. The van der Waals surface area contributed by atoms with Gasteiger partial charge < -0.3 is 15.4 Å². The van der Waals surface area contributed by atoms with Crippen molar-refractivity contribution < 1.29 is 19.1 Å². The van der Waals surface area contributed by atoms with E-state index in [0.29, 0.717) is 12.8 Å². The predicted molar refractivity (Wildman–Crippen MR) is 177 cm³/mol. The molecule has 0 saturated carbocycles. The molecule has 2 atom stereocenters. The molecule has 0 spiro atoms. The predicted octanol–water partition coefficient (Wildman–Crippen LogP) is 5.39. The topological polar surface area (TPSA) is 96.5 Å². The average molecular weight is 606 g/mol. The van der Waals surface area contributed by atoms with Gasteiger partial charge in [0.2, 0.25) is 11.8 Å². The first kappa shape index (κ1) is 33.1. The average Bonchev–Trinajstić information content (AvgIpc) is 3.07. The first-order valence-electron chi connectivity index (χ1n) is 15.5. The van der Waals surface area contributed by atoms with Gasteiger partial charge in [0.15, 0.2) is 0 Å². The summed E-state index contributed by atoms with van der Waals surface area (Å²) >= 11 is 0. The molecule has 0 radical (unpaired) electrons. The van der Waals surface area contributed by atoms with Gasteiger partial charge in [-0.3, -0.25) is 19.7 Å². The van der Waals surface area contributed by atoms with Crippen LogP contribution in [0.1, 0.15) is 49.4 Å². The Morgan fingerprint density at radius 3 is 1.58 bits per heavy atom. The molecule has 4 aromatic rings. The standard InChI is InChI=1S/C38H43N3O4/c1-4-45-35(42)27-39-36(43)33(25-28(2)3)40-37(44)34(26-29-17-9-5-10-18-29)41-38(30-19-11-6-12-20-30,31-21-13-7-14-22-31)32-23-15-8-16-24-32/h5-24,28,33-34,41H,4,25-27H2,1-3H3,(H,39,43)(H,40,44)/t33-,34-/m0/s1. The lowest BCUT2D eigenvalue weighted by molar-refractivity contribution is -0.143. The van der Waals surface area contributed by atoms with Crippen LogP contribution in [0.3, 0.4) is 0 Å². The Bertz CT molecular complexity index is 1400. The summed E-state index contributed by atoms with van der Waals surface area (Å²) in [6.45, 7) is 5.65. The summed E-state index contributed by atoms with van der Waals surface area (Å²) in [5, 5.41) is 9.49. The molecule has 4 rings (SSSR count). The molecule has 0 heterocycles. The molecule has 45 heavy (non-hydrogen) atoms. The van der Waals surface area contributed by atoms with Gasteiger partial charge >= 0.3 is 5.97 Å². The molecule has 2 amide bonds. The van der Waals surface area contributed by atoms with Crippen LogP contribution in [-0.4, -0.2) is 43.0 Å². The van der Waals surface area contributed by atoms with Crippen LogP contribution >= 0.6 is 0 Å². The van der Waals surface area contributed by atoms with E-state index >= 15 is 0 Å². The van der Waals surface area contributed by atoms with E-state index in [2.05, 4.69) is 52.3 Å². The number of benzene rings is 4. The zero-order chi connectivity index (χ0) is 32.1. The largest absolute Gasteiger partial charge is 0.465 e. The number of ether oxygens (including phenoxy) is 1. The summed E-state index contributed by atoms with van der Waals surface area (Å²) in [4.78, 5) is 39.7. The fraction of sp³-hybridized carbons (Fsp3) is 0.289. The van der Waals surface area contributed by atoms with Gasteiger partial charge in [-0.25, -0.2) is 0 Å². The van der Waals surface area contributed by atoms with Crippen molar-refractivity contribution in [3.05, 3.63) is 144 Å². The van der Waals surface area contributed by atoms with Crippen molar-refractivity contribution in [3.63, 3.8) is 0 Å². The summed E-state index contributed by atoms with van der Waals surface area (Å²) < 4.78 is 4.97. The van der Waals surface area contributed by atoms with Crippen molar-refractivity contribution in [1.29, 1.82) is 0 Å². The van der Waals surface area contributed by atoms with Crippen molar-refractivity contribution >= 4 is 17.8 Å². The van der Waals surface area contributed by atoms with Crippen molar-refractivity contribution in [2.45, 2.75) is 51.2 Å². The van der Waals surface area contributed by atoms with Crippen LogP contribution < -0.4 is 16.0 Å². The molecule has 0 fully saturated rings. The molecule has 0 aliphatic rings. The van der Waals surface area contributed by atoms with E-state index in [1.165, 1.54) is 0 Å². The molecule has 0 unspecified atom stereocenters. The molecule has 3 N–H and O–H groups in total. The summed E-state index contributed by atoms with van der Waals surface area (Å²) in [6.07, 6.45) is 0.777. The SMILES string of the molecule is CCOC(=O)CNC(=O)[C@H](CC(C)C)NC(=O)[C@H](Cc1ccccc1)NC(c1ccccc1)(c1ccccc1)c1ccccc1. The Hall–Kier alpha value is -4.75. The normalized spacial score (nSPS) is 12.6. The quantitative estimate of drug-likeness (QED) is 0.125. The second-order valence-electron chi connectivity index (χ2n) is 11.4. The van der Waals surface area contributed by atoms with E-state index in [4.69, 9.17) is 4.74 Å². The third kappa shape index (κ3) is 8.89. The number of hydrogen-bond acceptors (Lipinski definition) is 5. The van der Waals surface area contributed by atoms with Gasteiger partial charge in [-0.1, -0.05) is 135 Å². The minimum absolute atomic E-state index is 0.112. The number of rotatable bonds is 15. The van der Waals surface area contributed by atoms with Gasteiger partial charge in [0, 0.05) is 0 Å². The molecular weight excluding hydrogens is 562 g/mol.